The zero-order valence-corrected chi connectivity index (χ0v) is 19.0. The molecule has 5 unspecified atom stereocenters. The molecule has 5 N–H and O–H groups in total. The Balaban J connectivity index is 1.68. The summed E-state index contributed by atoms with van der Waals surface area (Å²) in [5, 5.41) is 46.8. The monoisotopic (exact) mass is 485 g/mol. The number of allylic oxidation sites excluding steroid dienone is 2. The fourth-order valence-corrected chi connectivity index (χ4v) is 5.66. The standard InChI is InChI=1S/C27H19NO8/c1-12(29)26-17-7-5-3-4-6-8-18(31)27(26,36-26)14-11-15(30)20-21(22(14)28-17)25(34)19-13(23(20)32)9-10-16(35-2)24(19)33/h3-4,9-12,17-18,28-31,33H,1-2H3. The first-order valence-electron chi connectivity index (χ1n) is 11.1. The Bertz CT molecular complexity index is 1570. The summed E-state index contributed by atoms with van der Waals surface area (Å²) in [6.07, 6.45) is 0.305. The van der Waals surface area contributed by atoms with E-state index < -0.39 is 52.5 Å². The fraction of sp³-hybridized carbons (Fsp3) is 0.259. The number of ether oxygens (including phenoxy) is 2. The Morgan fingerprint density at radius 3 is 2.50 bits per heavy atom. The van der Waals surface area contributed by atoms with E-state index in [1.165, 1.54) is 44.4 Å². The molecule has 0 radical (unpaired) electrons. The summed E-state index contributed by atoms with van der Waals surface area (Å²) in [5.41, 5.74) is -3.73. The number of epoxide rings is 1. The van der Waals surface area contributed by atoms with E-state index in [0.717, 1.165) is 0 Å². The first kappa shape index (κ1) is 22.2. The van der Waals surface area contributed by atoms with Crippen LogP contribution in [0, 0.1) is 23.7 Å². The molecule has 1 saturated heterocycles. The van der Waals surface area contributed by atoms with Crippen LogP contribution in [0.2, 0.25) is 0 Å². The van der Waals surface area contributed by atoms with Crippen LogP contribution >= 0.6 is 0 Å². The largest absolute Gasteiger partial charge is 0.507 e. The van der Waals surface area contributed by atoms with Gasteiger partial charge in [0.05, 0.1) is 35.6 Å². The molecule has 2 aliphatic carbocycles. The summed E-state index contributed by atoms with van der Waals surface area (Å²) in [5.74, 6) is 8.66. The second-order valence-electron chi connectivity index (χ2n) is 8.96. The average molecular weight is 485 g/mol. The molecule has 9 nitrogen and oxygen atoms in total. The van der Waals surface area contributed by atoms with Crippen LogP contribution in [0.25, 0.3) is 0 Å². The first-order valence-corrected chi connectivity index (χ1v) is 11.1. The Morgan fingerprint density at radius 2 is 1.81 bits per heavy atom. The zero-order chi connectivity index (χ0) is 25.6. The van der Waals surface area contributed by atoms with Crippen LogP contribution in [-0.2, 0) is 10.3 Å². The van der Waals surface area contributed by atoms with E-state index in [4.69, 9.17) is 9.47 Å². The predicted molar refractivity (Wildman–Crippen MR) is 125 cm³/mol. The quantitative estimate of drug-likeness (QED) is 0.203. The van der Waals surface area contributed by atoms with Gasteiger partial charge in [0.15, 0.2) is 34.6 Å². The van der Waals surface area contributed by atoms with Gasteiger partial charge in [-0.05, 0) is 37.3 Å². The molecule has 0 amide bonds. The molecule has 180 valence electrons. The van der Waals surface area contributed by atoms with E-state index in [1.807, 2.05) is 0 Å². The smallest absolute Gasteiger partial charge is 0.200 e. The lowest BCUT2D eigenvalue weighted by Gasteiger charge is -2.37. The maximum absolute atomic E-state index is 13.8. The number of phenolic OH excluding ortho intramolecular Hbond substituents is 2. The summed E-state index contributed by atoms with van der Waals surface area (Å²) < 4.78 is 11.2. The number of hydrogen-bond donors (Lipinski definition) is 5. The lowest BCUT2D eigenvalue weighted by molar-refractivity contribution is 0.0867. The van der Waals surface area contributed by atoms with Gasteiger partial charge >= 0.3 is 0 Å². The molecule has 6 rings (SSSR count). The number of aliphatic hydroxyl groups is 2. The minimum absolute atomic E-state index is 0.00110. The number of carbonyl (C=O) groups is 2. The molecule has 0 spiro atoms. The average Bonchev–Trinajstić information content (AvgIpc) is 3.58. The summed E-state index contributed by atoms with van der Waals surface area (Å²) in [7, 11) is 1.31. The van der Waals surface area contributed by atoms with Gasteiger partial charge in [0.2, 0.25) is 5.78 Å². The fourth-order valence-electron chi connectivity index (χ4n) is 5.66. The molecular formula is C27H19NO8. The molecule has 9 heteroatoms. The van der Waals surface area contributed by atoms with Crippen LogP contribution in [0.4, 0.5) is 5.69 Å². The number of nitrogens with one attached hydrogen (secondary N) is 1. The Labute approximate surface area is 205 Å². The second kappa shape index (κ2) is 7.12. The lowest BCUT2D eigenvalue weighted by Crippen LogP contribution is -2.54. The summed E-state index contributed by atoms with van der Waals surface area (Å²) in [4.78, 5) is 27.3. The Morgan fingerprint density at radius 1 is 1.08 bits per heavy atom. The van der Waals surface area contributed by atoms with Crippen LogP contribution in [0.1, 0.15) is 44.3 Å². The molecule has 4 aliphatic rings. The number of hydrogen-bond acceptors (Lipinski definition) is 9. The van der Waals surface area contributed by atoms with Gasteiger partial charge in [-0.2, -0.15) is 0 Å². The van der Waals surface area contributed by atoms with Crippen molar-refractivity contribution in [3.63, 3.8) is 0 Å². The van der Waals surface area contributed by atoms with Crippen molar-refractivity contribution in [1.82, 2.24) is 0 Å². The van der Waals surface area contributed by atoms with Crippen LogP contribution in [0.3, 0.4) is 0 Å². The topological polar surface area (TPSA) is 149 Å². The van der Waals surface area contributed by atoms with E-state index >= 15 is 0 Å². The van der Waals surface area contributed by atoms with Gasteiger partial charge in [-0.3, -0.25) is 9.59 Å². The highest BCUT2D eigenvalue weighted by Gasteiger charge is 2.82. The van der Waals surface area contributed by atoms with Crippen molar-refractivity contribution >= 4 is 17.3 Å². The highest BCUT2D eigenvalue weighted by Crippen LogP contribution is 2.67. The maximum Gasteiger partial charge on any atom is 0.200 e. The number of benzene rings is 2. The van der Waals surface area contributed by atoms with Gasteiger partial charge in [0.1, 0.15) is 11.8 Å². The van der Waals surface area contributed by atoms with Crippen LogP contribution in [-0.4, -0.2) is 63.0 Å². The normalized spacial score (nSPS) is 29.0. The predicted octanol–water partition coefficient (Wildman–Crippen LogP) is 0.958. The number of aromatic hydroxyl groups is 2. The number of phenols is 2. The van der Waals surface area contributed by atoms with Crippen molar-refractivity contribution in [3.05, 3.63) is 58.2 Å². The van der Waals surface area contributed by atoms with Crippen molar-refractivity contribution < 1.29 is 39.5 Å². The van der Waals surface area contributed by atoms with E-state index in [-0.39, 0.29) is 39.3 Å². The lowest BCUT2D eigenvalue weighted by atomic mass is 9.69. The SMILES string of the molecule is COc1ccc2c(c1O)C(=O)c1c3c(cc(O)c1C2=O)C12OC1(C(C)O)C(C#CC=CC#CC2O)N3. The van der Waals surface area contributed by atoms with E-state index in [2.05, 4.69) is 29.0 Å². The molecule has 0 saturated carbocycles. The van der Waals surface area contributed by atoms with Crippen molar-refractivity contribution in [2.75, 3.05) is 12.4 Å². The van der Waals surface area contributed by atoms with E-state index in [0.29, 0.717) is 0 Å². The molecule has 5 atom stereocenters. The number of fused-ring (bicyclic) bond motifs is 4. The third-order valence-electron chi connectivity index (χ3n) is 7.28. The van der Waals surface area contributed by atoms with Gasteiger partial charge in [0, 0.05) is 11.1 Å². The van der Waals surface area contributed by atoms with Crippen LogP contribution in [0.5, 0.6) is 17.2 Å². The molecule has 0 aromatic heterocycles. The van der Waals surface area contributed by atoms with Crippen molar-refractivity contribution in [2.45, 2.75) is 36.4 Å². The number of rotatable bonds is 2. The van der Waals surface area contributed by atoms with Gasteiger partial charge < -0.3 is 35.2 Å². The highest BCUT2D eigenvalue weighted by molar-refractivity contribution is 6.32. The molecule has 2 bridgehead atoms. The molecule has 2 heterocycles. The van der Waals surface area contributed by atoms with E-state index in [1.54, 1.807) is 0 Å². The summed E-state index contributed by atoms with van der Waals surface area (Å²) in [6, 6.07) is 3.01. The summed E-state index contributed by atoms with van der Waals surface area (Å²) >= 11 is 0. The van der Waals surface area contributed by atoms with Crippen molar-refractivity contribution in [3.8, 4) is 40.9 Å². The van der Waals surface area contributed by atoms with Crippen molar-refractivity contribution in [1.29, 1.82) is 0 Å². The minimum Gasteiger partial charge on any atom is -0.507 e. The van der Waals surface area contributed by atoms with Crippen molar-refractivity contribution in [2.24, 2.45) is 0 Å². The molecular weight excluding hydrogens is 466 g/mol. The van der Waals surface area contributed by atoms with Gasteiger partial charge in [-0.15, -0.1) is 0 Å². The number of carbonyl (C=O) groups excluding carboxylic acids is 2. The second-order valence-corrected chi connectivity index (χ2v) is 8.96. The van der Waals surface area contributed by atoms with Gasteiger partial charge in [-0.25, -0.2) is 0 Å². The summed E-state index contributed by atoms with van der Waals surface area (Å²) in [6.45, 7) is 1.48. The third kappa shape index (κ3) is 2.42. The van der Waals surface area contributed by atoms with Gasteiger partial charge in [0.25, 0.3) is 0 Å². The third-order valence-corrected chi connectivity index (χ3v) is 7.28. The Kier molecular flexibility index (Phi) is 4.39. The van der Waals surface area contributed by atoms with Crippen LogP contribution in [0.15, 0.2) is 30.4 Å². The highest BCUT2D eigenvalue weighted by atomic mass is 16.7. The molecule has 36 heavy (non-hydrogen) atoms. The molecule has 1 fully saturated rings. The number of anilines is 1. The maximum atomic E-state index is 13.8. The zero-order valence-electron chi connectivity index (χ0n) is 19.0. The minimum atomic E-state index is -1.66. The first-order chi connectivity index (χ1) is 17.2. The number of ketones is 2. The molecule has 2 aliphatic heterocycles. The molecule has 2 aromatic carbocycles. The number of aliphatic hydroxyl groups excluding tert-OH is 2. The van der Waals surface area contributed by atoms with Gasteiger partial charge in [-0.1, -0.05) is 23.7 Å². The number of methoxy groups -OCH3 is 1. The molecule has 2 aromatic rings. The van der Waals surface area contributed by atoms with Crippen LogP contribution < -0.4 is 10.1 Å². The Hall–Kier alpha value is -4.28. The van der Waals surface area contributed by atoms with E-state index in [9.17, 15) is 30.0 Å².